The maximum Gasteiger partial charge on any atom is 0.368 e. The number of carboxylic acid groups (broad SMARTS) is 1. The molecule has 3 aromatic rings. The Hall–Kier alpha value is -3.34. The average molecular weight is 613 g/mol. The highest BCUT2D eigenvalue weighted by Gasteiger charge is 2.44. The number of carbonyl (C=O) groups is 1. The SMILES string of the molecule is CCCCC1(CC)CN(c2ccccc2)c2cc(SC)c(O/C=C(\F)C(=O)O)cc2S(=O)N1Cc1ccc(OC)cc1. The first-order valence-electron chi connectivity index (χ1n) is 13.9. The van der Waals surface area contributed by atoms with Crippen LogP contribution in [0.15, 0.2) is 88.6 Å². The number of methoxy groups -OCH3 is 1. The molecule has 0 radical (unpaired) electrons. The van der Waals surface area contributed by atoms with E-state index in [-0.39, 0.29) is 5.75 Å². The zero-order valence-electron chi connectivity index (χ0n) is 24.3. The third kappa shape index (κ3) is 6.82. The molecule has 10 heteroatoms. The van der Waals surface area contributed by atoms with Crippen molar-refractivity contribution in [1.82, 2.24) is 4.31 Å². The summed E-state index contributed by atoms with van der Waals surface area (Å²) in [5.74, 6) is -2.16. The molecule has 7 nitrogen and oxygen atoms in total. The number of anilines is 2. The largest absolute Gasteiger partial charge is 0.497 e. The van der Waals surface area contributed by atoms with Crippen LogP contribution in [0, 0.1) is 0 Å². The molecule has 2 atom stereocenters. The van der Waals surface area contributed by atoms with Gasteiger partial charge in [-0.3, -0.25) is 0 Å². The predicted molar refractivity (Wildman–Crippen MR) is 167 cm³/mol. The second-order valence-electron chi connectivity index (χ2n) is 10.1. The van der Waals surface area contributed by atoms with Gasteiger partial charge in [-0.1, -0.05) is 57.0 Å². The minimum atomic E-state index is -1.72. The Morgan fingerprint density at radius 1 is 1.14 bits per heavy atom. The highest BCUT2D eigenvalue weighted by Crippen LogP contribution is 2.46. The number of benzene rings is 3. The Kier molecular flexibility index (Phi) is 10.7. The molecular weight excluding hydrogens is 575 g/mol. The van der Waals surface area contributed by atoms with E-state index in [1.807, 2.05) is 66.9 Å². The summed E-state index contributed by atoms with van der Waals surface area (Å²) in [6, 6.07) is 21.4. The van der Waals surface area contributed by atoms with Gasteiger partial charge in [0.05, 0.1) is 28.1 Å². The Balaban J connectivity index is 1.93. The van der Waals surface area contributed by atoms with Gasteiger partial charge < -0.3 is 19.5 Å². The van der Waals surface area contributed by atoms with Gasteiger partial charge in [0.2, 0.25) is 5.83 Å². The average Bonchev–Trinajstić information content (AvgIpc) is 3.11. The molecule has 0 aliphatic carbocycles. The first-order valence-corrected chi connectivity index (χ1v) is 16.2. The molecule has 0 aromatic heterocycles. The number of aliphatic carboxylic acids is 1. The number of nitrogens with zero attached hydrogens (tertiary/aromatic N) is 2. The van der Waals surface area contributed by atoms with Crippen LogP contribution in [-0.4, -0.2) is 45.0 Å². The molecule has 0 spiro atoms. The molecule has 0 amide bonds. The van der Waals surface area contributed by atoms with E-state index in [2.05, 4.69) is 23.1 Å². The van der Waals surface area contributed by atoms with Crippen molar-refractivity contribution in [1.29, 1.82) is 0 Å². The lowest BCUT2D eigenvalue weighted by Gasteiger charge is -2.43. The van der Waals surface area contributed by atoms with Gasteiger partial charge in [-0.15, -0.1) is 11.8 Å². The minimum absolute atomic E-state index is 0.237. The van der Waals surface area contributed by atoms with Crippen molar-refractivity contribution in [3.8, 4) is 11.5 Å². The molecule has 42 heavy (non-hydrogen) atoms. The zero-order valence-corrected chi connectivity index (χ0v) is 26.0. The fourth-order valence-corrected chi connectivity index (χ4v) is 7.41. The van der Waals surface area contributed by atoms with Crippen LogP contribution in [0.25, 0.3) is 0 Å². The van der Waals surface area contributed by atoms with Crippen LogP contribution in [-0.2, 0) is 22.3 Å². The molecule has 0 saturated carbocycles. The van der Waals surface area contributed by atoms with Crippen LogP contribution in [0.4, 0.5) is 15.8 Å². The lowest BCUT2D eigenvalue weighted by Crippen LogP contribution is -2.53. The molecular formula is C32H37FN2O5S2. The van der Waals surface area contributed by atoms with E-state index in [4.69, 9.17) is 14.6 Å². The number of rotatable bonds is 12. The Labute approximate surface area is 253 Å². The molecule has 1 aliphatic heterocycles. The second kappa shape index (κ2) is 14.2. The van der Waals surface area contributed by atoms with Gasteiger partial charge in [0.15, 0.2) is 0 Å². The number of ether oxygens (including phenoxy) is 2. The minimum Gasteiger partial charge on any atom is -0.497 e. The van der Waals surface area contributed by atoms with Gasteiger partial charge >= 0.3 is 5.97 Å². The number of hydrogen-bond acceptors (Lipinski definition) is 6. The first kappa shape index (κ1) is 31.6. The molecule has 1 aliphatic rings. The van der Waals surface area contributed by atoms with E-state index in [0.717, 1.165) is 48.4 Å². The number of fused-ring (bicyclic) bond motifs is 1. The predicted octanol–water partition coefficient (Wildman–Crippen LogP) is 7.71. The van der Waals surface area contributed by atoms with Crippen LogP contribution in [0.2, 0.25) is 0 Å². The Bertz CT molecular complexity index is 1430. The van der Waals surface area contributed by atoms with Crippen molar-refractivity contribution in [2.24, 2.45) is 0 Å². The van der Waals surface area contributed by atoms with Crippen LogP contribution in [0.5, 0.6) is 11.5 Å². The molecule has 1 heterocycles. The fourth-order valence-electron chi connectivity index (χ4n) is 5.19. The highest BCUT2D eigenvalue weighted by molar-refractivity contribution is 7.98. The lowest BCUT2D eigenvalue weighted by atomic mass is 9.88. The van der Waals surface area contributed by atoms with E-state index < -0.39 is 28.3 Å². The zero-order chi connectivity index (χ0) is 30.3. The van der Waals surface area contributed by atoms with Crippen LogP contribution >= 0.6 is 11.8 Å². The van der Waals surface area contributed by atoms with E-state index >= 15 is 0 Å². The topological polar surface area (TPSA) is 79.3 Å². The van der Waals surface area contributed by atoms with Crippen LogP contribution in [0.3, 0.4) is 0 Å². The fraction of sp³-hybridized carbons (Fsp3) is 0.344. The smallest absolute Gasteiger partial charge is 0.368 e. The molecule has 0 bridgehead atoms. The van der Waals surface area contributed by atoms with Crippen LogP contribution in [0.1, 0.15) is 45.1 Å². The van der Waals surface area contributed by atoms with Gasteiger partial charge in [0, 0.05) is 24.8 Å². The van der Waals surface area contributed by atoms with E-state index in [0.29, 0.717) is 29.1 Å². The number of carboxylic acids is 1. The summed E-state index contributed by atoms with van der Waals surface area (Å²) in [7, 11) is -0.0225. The van der Waals surface area contributed by atoms with Crippen molar-refractivity contribution in [3.05, 3.63) is 84.4 Å². The molecule has 4 rings (SSSR count). The summed E-state index contributed by atoms with van der Waals surface area (Å²) < 4.78 is 41.7. The normalized spacial score (nSPS) is 19.2. The van der Waals surface area contributed by atoms with Gasteiger partial charge in [-0.25, -0.2) is 13.3 Å². The third-order valence-corrected chi connectivity index (χ3v) is 9.99. The molecule has 0 fully saturated rings. The van der Waals surface area contributed by atoms with Crippen molar-refractivity contribution in [2.45, 2.75) is 61.4 Å². The van der Waals surface area contributed by atoms with Gasteiger partial charge in [0.1, 0.15) is 28.7 Å². The summed E-state index contributed by atoms with van der Waals surface area (Å²) in [6.45, 7) is 5.34. The summed E-state index contributed by atoms with van der Waals surface area (Å²) >= 11 is 1.38. The molecule has 2 unspecified atom stereocenters. The maximum atomic E-state index is 14.8. The number of unbranched alkanes of at least 4 members (excludes halogenated alkanes) is 1. The van der Waals surface area contributed by atoms with Crippen molar-refractivity contribution < 1.29 is 28.0 Å². The molecule has 0 saturated heterocycles. The summed E-state index contributed by atoms with van der Waals surface area (Å²) in [6.07, 6.45) is 6.00. The lowest BCUT2D eigenvalue weighted by molar-refractivity contribution is -0.134. The highest BCUT2D eigenvalue weighted by atomic mass is 32.2. The van der Waals surface area contributed by atoms with Gasteiger partial charge in [-0.05, 0) is 55.0 Å². The van der Waals surface area contributed by atoms with Crippen LogP contribution < -0.4 is 14.4 Å². The Morgan fingerprint density at radius 2 is 1.86 bits per heavy atom. The Morgan fingerprint density at radius 3 is 2.45 bits per heavy atom. The monoisotopic (exact) mass is 612 g/mol. The summed E-state index contributed by atoms with van der Waals surface area (Å²) in [5, 5.41) is 8.98. The summed E-state index contributed by atoms with van der Waals surface area (Å²) in [4.78, 5) is 14.5. The van der Waals surface area contributed by atoms with Gasteiger partial charge in [-0.2, -0.15) is 4.39 Å². The molecule has 1 N–H and O–H groups in total. The number of para-hydroxylation sites is 1. The van der Waals surface area contributed by atoms with Gasteiger partial charge in [0.25, 0.3) is 0 Å². The third-order valence-electron chi connectivity index (χ3n) is 7.61. The molecule has 224 valence electrons. The maximum absolute atomic E-state index is 14.8. The van der Waals surface area contributed by atoms with Crippen molar-refractivity contribution in [2.75, 3.05) is 24.8 Å². The van der Waals surface area contributed by atoms with Crippen molar-refractivity contribution in [3.63, 3.8) is 0 Å². The second-order valence-corrected chi connectivity index (χ2v) is 12.3. The molecule has 3 aromatic carbocycles. The first-order chi connectivity index (χ1) is 20.3. The van der Waals surface area contributed by atoms with E-state index in [9.17, 15) is 13.4 Å². The number of halogens is 1. The van der Waals surface area contributed by atoms with Crippen molar-refractivity contribution >= 4 is 40.1 Å². The van der Waals surface area contributed by atoms with E-state index in [1.165, 1.54) is 11.8 Å². The van der Waals surface area contributed by atoms with E-state index in [1.54, 1.807) is 13.2 Å². The number of hydrogen-bond donors (Lipinski definition) is 1. The summed E-state index contributed by atoms with van der Waals surface area (Å²) in [5.41, 5.74) is 2.28. The standard InChI is InChI=1S/C32H37FN2O5S2/c1-5-7-17-32(6-2)22-34(24-11-9-8-10-12-24)27-18-29(41-4)28(40-21-26(33)31(36)37)19-30(27)42(38)35(32)20-23-13-15-25(39-3)16-14-23/h8-16,18-19,21H,5-7,17,20,22H2,1-4H3,(H,36,37)/b26-21-. The number of thioether (sulfide) groups is 1. The quantitative estimate of drug-likeness (QED) is 0.128.